The van der Waals surface area contributed by atoms with E-state index in [1.54, 1.807) is 13.8 Å². The molecule has 3 nitrogen and oxygen atoms in total. The van der Waals surface area contributed by atoms with E-state index in [0.717, 1.165) is 0 Å². The van der Waals surface area contributed by atoms with Gasteiger partial charge in [-0.2, -0.15) is 0 Å². The molecule has 13 heavy (non-hydrogen) atoms. The molecular weight excluding hydrogens is 188 g/mol. The minimum atomic E-state index is -3.05. The Bertz CT molecular complexity index is 240. The molecule has 0 amide bonds. The maximum atomic E-state index is 11.8. The van der Waals surface area contributed by atoms with Gasteiger partial charge in [-0.05, 0) is 19.8 Å². The number of hydrogen-bond donors (Lipinski definition) is 0. The highest BCUT2D eigenvalue weighted by Crippen LogP contribution is 2.19. The molecule has 0 unspecified atom stereocenters. The first kappa shape index (κ1) is 12.9. The second-order valence-corrected chi connectivity index (χ2v) is 7.04. The first-order chi connectivity index (χ1) is 5.73. The van der Waals surface area contributed by atoms with Crippen LogP contribution in [-0.4, -0.2) is 32.6 Å². The maximum absolute atomic E-state index is 11.8. The molecule has 0 aliphatic carbocycles. The standard InChI is InChI=1S/C9H20O3S/c1-8(2)6-13(10,11)9(3,4)7-12-5/h8H,6-7H2,1-5H3. The quantitative estimate of drug-likeness (QED) is 0.687. The Morgan fingerprint density at radius 2 is 1.77 bits per heavy atom. The van der Waals surface area contributed by atoms with E-state index in [-0.39, 0.29) is 18.3 Å². The lowest BCUT2D eigenvalue weighted by Gasteiger charge is -2.24. The van der Waals surface area contributed by atoms with Crippen molar-refractivity contribution in [1.82, 2.24) is 0 Å². The van der Waals surface area contributed by atoms with Gasteiger partial charge in [0, 0.05) is 7.11 Å². The van der Waals surface area contributed by atoms with Crippen LogP contribution in [-0.2, 0) is 14.6 Å². The van der Waals surface area contributed by atoms with Crippen molar-refractivity contribution >= 4 is 9.84 Å². The largest absolute Gasteiger partial charge is 0.383 e. The average molecular weight is 208 g/mol. The van der Waals surface area contributed by atoms with Crippen molar-refractivity contribution in [2.24, 2.45) is 5.92 Å². The maximum Gasteiger partial charge on any atom is 0.157 e. The van der Waals surface area contributed by atoms with Crippen LogP contribution in [0.25, 0.3) is 0 Å². The summed E-state index contributed by atoms with van der Waals surface area (Å²) < 4.78 is 27.7. The molecule has 0 aromatic rings. The highest BCUT2D eigenvalue weighted by atomic mass is 32.2. The molecule has 0 bridgehead atoms. The minimum absolute atomic E-state index is 0.168. The van der Waals surface area contributed by atoms with Crippen molar-refractivity contribution in [3.05, 3.63) is 0 Å². The Hall–Kier alpha value is -0.0900. The van der Waals surface area contributed by atoms with Crippen LogP contribution < -0.4 is 0 Å². The molecule has 0 heterocycles. The summed E-state index contributed by atoms with van der Waals surface area (Å²) in [7, 11) is -1.53. The molecule has 0 saturated heterocycles. The fraction of sp³-hybridized carbons (Fsp3) is 1.00. The highest BCUT2D eigenvalue weighted by Gasteiger charge is 2.34. The summed E-state index contributed by atoms with van der Waals surface area (Å²) in [5, 5.41) is 0. The predicted molar refractivity (Wildman–Crippen MR) is 54.6 cm³/mol. The van der Waals surface area contributed by atoms with E-state index in [1.807, 2.05) is 13.8 Å². The van der Waals surface area contributed by atoms with E-state index in [9.17, 15) is 8.42 Å². The third kappa shape index (κ3) is 3.65. The van der Waals surface area contributed by atoms with E-state index >= 15 is 0 Å². The molecule has 0 aromatic carbocycles. The number of ether oxygens (including phenoxy) is 1. The second-order valence-electron chi connectivity index (χ2n) is 4.37. The smallest absolute Gasteiger partial charge is 0.157 e. The van der Waals surface area contributed by atoms with E-state index in [1.165, 1.54) is 7.11 Å². The van der Waals surface area contributed by atoms with Crippen molar-refractivity contribution in [3.63, 3.8) is 0 Å². The van der Waals surface area contributed by atoms with Crippen LogP contribution in [0, 0.1) is 5.92 Å². The molecule has 0 rings (SSSR count). The molecule has 0 spiro atoms. The second kappa shape index (κ2) is 4.42. The van der Waals surface area contributed by atoms with Crippen molar-refractivity contribution < 1.29 is 13.2 Å². The first-order valence-electron chi connectivity index (χ1n) is 4.44. The van der Waals surface area contributed by atoms with Gasteiger partial charge in [-0.3, -0.25) is 0 Å². The third-order valence-corrected chi connectivity index (χ3v) is 4.79. The first-order valence-corrected chi connectivity index (χ1v) is 6.09. The van der Waals surface area contributed by atoms with Crippen molar-refractivity contribution in [1.29, 1.82) is 0 Å². The lowest BCUT2D eigenvalue weighted by atomic mass is 10.2. The van der Waals surface area contributed by atoms with Gasteiger partial charge in [-0.1, -0.05) is 13.8 Å². The van der Waals surface area contributed by atoms with Gasteiger partial charge >= 0.3 is 0 Å². The van der Waals surface area contributed by atoms with Crippen molar-refractivity contribution in [3.8, 4) is 0 Å². The molecule has 0 radical (unpaired) electrons. The van der Waals surface area contributed by atoms with Gasteiger partial charge in [-0.15, -0.1) is 0 Å². The summed E-state index contributed by atoms with van der Waals surface area (Å²) in [6.45, 7) is 7.46. The highest BCUT2D eigenvalue weighted by molar-refractivity contribution is 7.92. The summed E-state index contributed by atoms with van der Waals surface area (Å²) in [5.41, 5.74) is 0. The third-order valence-electron chi connectivity index (χ3n) is 1.89. The van der Waals surface area contributed by atoms with E-state index in [4.69, 9.17) is 4.74 Å². The van der Waals surface area contributed by atoms with E-state index in [0.29, 0.717) is 0 Å². The predicted octanol–water partition coefficient (Wildman–Crippen LogP) is 1.48. The lowest BCUT2D eigenvalue weighted by molar-refractivity contribution is 0.175. The molecule has 0 atom stereocenters. The number of methoxy groups -OCH3 is 1. The fourth-order valence-electron chi connectivity index (χ4n) is 1.10. The van der Waals surface area contributed by atoms with Crippen LogP contribution >= 0.6 is 0 Å². The summed E-state index contributed by atoms with van der Waals surface area (Å²) >= 11 is 0. The van der Waals surface area contributed by atoms with Gasteiger partial charge in [0.2, 0.25) is 0 Å². The molecule has 80 valence electrons. The zero-order valence-electron chi connectivity index (χ0n) is 9.12. The van der Waals surface area contributed by atoms with Crippen LogP contribution in [0.15, 0.2) is 0 Å². The van der Waals surface area contributed by atoms with Crippen LogP contribution in [0.1, 0.15) is 27.7 Å². The van der Waals surface area contributed by atoms with E-state index in [2.05, 4.69) is 0 Å². The molecule has 0 aliphatic rings. The Balaban J connectivity index is 4.62. The van der Waals surface area contributed by atoms with Crippen LogP contribution in [0.3, 0.4) is 0 Å². The van der Waals surface area contributed by atoms with E-state index < -0.39 is 14.6 Å². The van der Waals surface area contributed by atoms with Gasteiger partial charge in [0.15, 0.2) is 9.84 Å². The Kier molecular flexibility index (Phi) is 4.39. The molecular formula is C9H20O3S. The summed E-state index contributed by atoms with van der Waals surface area (Å²) in [4.78, 5) is 0. The molecule has 0 aliphatic heterocycles. The number of rotatable bonds is 5. The van der Waals surface area contributed by atoms with Gasteiger partial charge in [-0.25, -0.2) is 8.42 Å². The molecule has 4 heteroatoms. The molecule has 0 saturated carbocycles. The van der Waals surface area contributed by atoms with Gasteiger partial charge in [0.05, 0.1) is 17.1 Å². The van der Waals surface area contributed by atoms with Crippen LogP contribution in [0.5, 0.6) is 0 Å². The Morgan fingerprint density at radius 1 is 1.31 bits per heavy atom. The summed E-state index contributed by atoms with van der Waals surface area (Å²) in [6.07, 6.45) is 0. The number of hydrogen-bond acceptors (Lipinski definition) is 3. The van der Waals surface area contributed by atoms with Crippen LogP contribution in [0.4, 0.5) is 0 Å². The normalized spacial score (nSPS) is 13.7. The monoisotopic (exact) mass is 208 g/mol. The molecule has 0 aromatic heterocycles. The summed E-state index contributed by atoms with van der Waals surface area (Å²) in [5.74, 6) is 0.393. The van der Waals surface area contributed by atoms with Gasteiger partial charge in [0.25, 0.3) is 0 Å². The topological polar surface area (TPSA) is 43.4 Å². The average Bonchev–Trinajstić information content (AvgIpc) is 1.82. The SMILES string of the molecule is COCC(C)(C)S(=O)(=O)CC(C)C. The fourth-order valence-corrected chi connectivity index (χ4v) is 2.73. The minimum Gasteiger partial charge on any atom is -0.383 e. The van der Waals surface area contributed by atoms with Crippen molar-refractivity contribution in [2.45, 2.75) is 32.4 Å². The van der Waals surface area contributed by atoms with Crippen LogP contribution in [0.2, 0.25) is 0 Å². The molecule has 0 fully saturated rings. The Morgan fingerprint density at radius 3 is 2.08 bits per heavy atom. The molecule has 0 N–H and O–H groups in total. The number of sulfone groups is 1. The lowest BCUT2D eigenvalue weighted by Crippen LogP contribution is -2.39. The Labute approximate surface area is 81.4 Å². The van der Waals surface area contributed by atoms with Gasteiger partial charge in [0.1, 0.15) is 0 Å². The zero-order chi connectivity index (χ0) is 10.7. The zero-order valence-corrected chi connectivity index (χ0v) is 9.94. The van der Waals surface area contributed by atoms with Gasteiger partial charge < -0.3 is 4.74 Å². The van der Waals surface area contributed by atoms with Crippen molar-refractivity contribution in [2.75, 3.05) is 19.5 Å². The summed E-state index contributed by atoms with van der Waals surface area (Å²) in [6, 6.07) is 0.